The van der Waals surface area contributed by atoms with E-state index in [1.54, 1.807) is 7.11 Å². The molecule has 4 aliphatic heterocycles. The Balaban J connectivity index is 1.36. The highest BCUT2D eigenvalue weighted by atomic mass is 17.5. The largest absolute Gasteiger partial charge is 0.458 e. The SMILES string of the molecule is COCC1CCC(OOO)[C@@H](OCC2CCC(C/N=C/OCO)[C@@H](OCC3(C)CCC(OCOCO)[C@@H](OCC4CCC(O)[C@@H](OC)O4)O3)O2)O1. The number of hydrogen-bond donors (Lipinski definition) is 4. The van der Waals surface area contributed by atoms with Crippen LogP contribution in [0, 0.1) is 5.92 Å². The predicted octanol–water partition coefficient (Wildman–Crippen LogP) is 0.810. The van der Waals surface area contributed by atoms with E-state index in [0.29, 0.717) is 64.5 Å². The lowest BCUT2D eigenvalue weighted by atomic mass is 9.94. The van der Waals surface area contributed by atoms with E-state index in [0.717, 1.165) is 0 Å². The molecule has 19 heteroatoms. The van der Waals surface area contributed by atoms with Crippen LogP contribution in [0.15, 0.2) is 4.99 Å². The number of aliphatic hydroxyl groups is 3. The molecule has 4 N–H and O–H groups in total. The maximum absolute atomic E-state index is 10.1. The minimum absolute atomic E-state index is 0.143. The highest BCUT2D eigenvalue weighted by molar-refractivity contribution is 5.45. The molecule has 4 saturated heterocycles. The topological polar surface area (TPSA) is 222 Å². The average molecular weight is 744 g/mol. The van der Waals surface area contributed by atoms with E-state index in [2.05, 4.69) is 10.0 Å². The zero-order valence-corrected chi connectivity index (χ0v) is 29.7. The number of ether oxygens (including phenoxy) is 12. The van der Waals surface area contributed by atoms with Crippen LogP contribution >= 0.6 is 0 Å². The van der Waals surface area contributed by atoms with Gasteiger partial charge in [-0.05, 0) is 58.3 Å². The van der Waals surface area contributed by atoms with Gasteiger partial charge in [0.15, 0.2) is 38.4 Å². The van der Waals surface area contributed by atoms with Gasteiger partial charge in [-0.3, -0.25) is 4.99 Å². The van der Waals surface area contributed by atoms with Crippen LogP contribution in [0.4, 0.5) is 0 Å². The maximum atomic E-state index is 10.1. The molecule has 0 aromatic rings. The van der Waals surface area contributed by atoms with Crippen molar-refractivity contribution < 1.29 is 87.3 Å². The minimum Gasteiger partial charge on any atom is -0.458 e. The summed E-state index contributed by atoms with van der Waals surface area (Å²) < 4.78 is 69.6. The molecule has 0 aromatic carbocycles. The number of methoxy groups -OCH3 is 2. The van der Waals surface area contributed by atoms with E-state index >= 15 is 0 Å². The predicted molar refractivity (Wildman–Crippen MR) is 170 cm³/mol. The number of aliphatic imine (C=N–C) groups is 1. The normalized spacial score (nSPS) is 37.9. The number of rotatable bonds is 22. The molecule has 19 nitrogen and oxygen atoms in total. The van der Waals surface area contributed by atoms with E-state index in [1.165, 1.54) is 13.5 Å². The van der Waals surface area contributed by atoms with Crippen molar-refractivity contribution in [3.63, 3.8) is 0 Å². The lowest BCUT2D eigenvalue weighted by molar-refractivity contribution is -0.522. The Bertz CT molecular complexity index is 969. The third-order valence-corrected chi connectivity index (χ3v) is 9.28. The van der Waals surface area contributed by atoms with Gasteiger partial charge in [0.1, 0.15) is 31.9 Å². The monoisotopic (exact) mass is 743 g/mol. The first-order valence-corrected chi connectivity index (χ1v) is 17.5. The molecule has 0 radical (unpaired) electrons. The summed E-state index contributed by atoms with van der Waals surface area (Å²) in [5, 5.41) is 40.9. The molecule has 12 atom stereocenters. The summed E-state index contributed by atoms with van der Waals surface area (Å²) >= 11 is 0. The molecule has 0 aliphatic carbocycles. The molecular formula is C32H57NO18. The van der Waals surface area contributed by atoms with Crippen molar-refractivity contribution in [3.8, 4) is 0 Å². The summed E-state index contributed by atoms with van der Waals surface area (Å²) in [6, 6.07) is 0. The number of hydrogen-bond acceptors (Lipinski definition) is 19. The molecule has 0 bridgehead atoms. The van der Waals surface area contributed by atoms with Crippen LogP contribution in [0.3, 0.4) is 0 Å². The lowest BCUT2D eigenvalue weighted by Crippen LogP contribution is -2.52. The van der Waals surface area contributed by atoms with Gasteiger partial charge in [-0.15, -0.1) is 0 Å². The molecule has 0 aromatic heterocycles. The second-order valence-corrected chi connectivity index (χ2v) is 13.2. The first-order chi connectivity index (χ1) is 24.8. The van der Waals surface area contributed by atoms with E-state index < -0.39 is 62.7 Å². The molecule has 51 heavy (non-hydrogen) atoms. The molecule has 0 saturated carbocycles. The van der Waals surface area contributed by atoms with Crippen LogP contribution < -0.4 is 0 Å². The third-order valence-electron chi connectivity index (χ3n) is 9.28. The van der Waals surface area contributed by atoms with Crippen molar-refractivity contribution in [1.29, 1.82) is 0 Å². The highest BCUT2D eigenvalue weighted by Gasteiger charge is 2.43. The Hall–Kier alpha value is -1.21. The third kappa shape index (κ3) is 13.9. The number of nitrogens with zero attached hydrogens (tertiary/aromatic N) is 1. The molecule has 4 aliphatic rings. The fourth-order valence-corrected chi connectivity index (χ4v) is 6.50. The van der Waals surface area contributed by atoms with Gasteiger partial charge in [-0.1, -0.05) is 5.04 Å². The van der Waals surface area contributed by atoms with Crippen molar-refractivity contribution in [1.82, 2.24) is 0 Å². The average Bonchev–Trinajstić information content (AvgIpc) is 3.13. The molecule has 8 unspecified atom stereocenters. The lowest BCUT2D eigenvalue weighted by Gasteiger charge is -2.44. The summed E-state index contributed by atoms with van der Waals surface area (Å²) in [6.07, 6.45) is 0.0674. The molecule has 4 rings (SSSR count). The molecule has 298 valence electrons. The fraction of sp³-hybridized carbons (Fsp3) is 0.969. The molecule has 4 heterocycles. The van der Waals surface area contributed by atoms with Crippen molar-refractivity contribution in [2.45, 2.75) is 126 Å². The van der Waals surface area contributed by atoms with Crippen LogP contribution in [-0.2, 0) is 66.8 Å². The summed E-state index contributed by atoms with van der Waals surface area (Å²) in [7, 11) is 3.07. The number of aliphatic hydroxyl groups excluding tert-OH is 3. The molecular weight excluding hydrogens is 686 g/mol. The zero-order valence-electron chi connectivity index (χ0n) is 29.7. The fourth-order valence-electron chi connectivity index (χ4n) is 6.50. The van der Waals surface area contributed by atoms with Gasteiger partial charge in [0.25, 0.3) is 0 Å². The smallest absolute Gasteiger partial charge is 0.187 e. The molecule has 4 fully saturated rings. The van der Waals surface area contributed by atoms with Gasteiger partial charge in [0, 0.05) is 26.7 Å². The zero-order chi connectivity index (χ0) is 36.5. The van der Waals surface area contributed by atoms with Crippen LogP contribution in [0.2, 0.25) is 0 Å². The highest BCUT2D eigenvalue weighted by Crippen LogP contribution is 2.35. The van der Waals surface area contributed by atoms with Crippen molar-refractivity contribution in [3.05, 3.63) is 0 Å². The second kappa shape index (κ2) is 22.9. The van der Waals surface area contributed by atoms with Crippen LogP contribution in [0.1, 0.15) is 58.3 Å². The van der Waals surface area contributed by atoms with Crippen molar-refractivity contribution >= 4 is 6.40 Å². The van der Waals surface area contributed by atoms with E-state index in [4.69, 9.17) is 77.2 Å². The van der Waals surface area contributed by atoms with Crippen LogP contribution in [-0.4, -0.2) is 162 Å². The van der Waals surface area contributed by atoms with Crippen molar-refractivity contribution in [2.24, 2.45) is 10.9 Å². The van der Waals surface area contributed by atoms with E-state index in [1.807, 2.05) is 6.92 Å². The maximum Gasteiger partial charge on any atom is 0.187 e. The van der Waals surface area contributed by atoms with Gasteiger partial charge < -0.3 is 72.2 Å². The van der Waals surface area contributed by atoms with Crippen LogP contribution in [0.25, 0.3) is 0 Å². The second-order valence-electron chi connectivity index (χ2n) is 13.2. The summed E-state index contributed by atoms with van der Waals surface area (Å²) in [5.74, 6) is -0.144. The summed E-state index contributed by atoms with van der Waals surface area (Å²) in [4.78, 5) is 9.24. The van der Waals surface area contributed by atoms with E-state index in [9.17, 15) is 5.11 Å². The Morgan fingerprint density at radius 1 is 0.765 bits per heavy atom. The summed E-state index contributed by atoms with van der Waals surface area (Å²) in [5.41, 5.74) is -0.803. The van der Waals surface area contributed by atoms with Gasteiger partial charge in [-0.2, -0.15) is 4.89 Å². The molecule has 0 spiro atoms. The minimum atomic E-state index is -0.819. The standard InChI is InChI=1S/C32H57NO18/c1-32(11-10-26(45-20-41-19-35)31(49-32)43-15-24-6-8-25(36)29(39-3)47-24)16-44-28-21(12-33-17-40-18-34)4-5-23(46-28)14-42-30-27(50-51-37)9-7-22(48-30)13-38-2/h17,21-31,34-37H,4-16,18-20H2,1-3H3/b33-17+/t21?,22?,23?,24?,25?,26?,27?,28-,29-,30-,31-,32?/m0/s1. The first kappa shape index (κ1) is 42.5. The Kier molecular flexibility index (Phi) is 19.1. The Labute approximate surface area is 298 Å². The first-order valence-electron chi connectivity index (χ1n) is 17.5. The van der Waals surface area contributed by atoms with Crippen LogP contribution in [0.5, 0.6) is 0 Å². The van der Waals surface area contributed by atoms with Gasteiger partial charge >= 0.3 is 0 Å². The molecule has 0 amide bonds. The van der Waals surface area contributed by atoms with Gasteiger partial charge in [0.05, 0.1) is 50.3 Å². The Morgan fingerprint density at radius 2 is 1.47 bits per heavy atom. The Morgan fingerprint density at radius 3 is 2.20 bits per heavy atom. The quantitative estimate of drug-likeness (QED) is 0.0301. The summed E-state index contributed by atoms with van der Waals surface area (Å²) in [6.45, 7) is 1.99. The van der Waals surface area contributed by atoms with Gasteiger partial charge in [-0.25, -0.2) is 5.26 Å². The van der Waals surface area contributed by atoms with Crippen molar-refractivity contribution in [2.75, 3.05) is 67.6 Å². The van der Waals surface area contributed by atoms with Gasteiger partial charge in [0.2, 0.25) is 0 Å². The van der Waals surface area contributed by atoms with E-state index in [-0.39, 0.29) is 50.8 Å².